The number of ether oxygens (including phenoxy) is 1. The molecule has 0 radical (unpaired) electrons. The maximum absolute atomic E-state index is 6.16. The van der Waals surface area contributed by atoms with Crippen LogP contribution in [0, 0.1) is 0 Å². The molecule has 1 aliphatic heterocycles. The Morgan fingerprint density at radius 1 is 1.33 bits per heavy atom. The van der Waals surface area contributed by atoms with Gasteiger partial charge in [0.2, 0.25) is 0 Å². The summed E-state index contributed by atoms with van der Waals surface area (Å²) in [5, 5.41) is 5.40. The van der Waals surface area contributed by atoms with Crippen LogP contribution in [0.2, 0.25) is 5.02 Å². The zero-order valence-electron chi connectivity index (χ0n) is 10.9. The Balaban J connectivity index is 2.19. The maximum Gasteiger partial charge on any atom is 0.138 e. The van der Waals surface area contributed by atoms with Gasteiger partial charge >= 0.3 is 0 Å². The smallest absolute Gasteiger partial charge is 0.138 e. The zero-order valence-corrected chi connectivity index (χ0v) is 11.6. The number of rotatable bonds is 1. The van der Waals surface area contributed by atoms with Crippen molar-refractivity contribution in [3.05, 3.63) is 28.4 Å². The van der Waals surface area contributed by atoms with E-state index in [1.165, 1.54) is 16.6 Å². The molecule has 1 aliphatic rings. The average Bonchev–Trinajstić information content (AvgIpc) is 2.62. The van der Waals surface area contributed by atoms with E-state index < -0.39 is 0 Å². The molecule has 0 saturated carbocycles. The van der Waals surface area contributed by atoms with Crippen molar-refractivity contribution in [3.63, 3.8) is 0 Å². The van der Waals surface area contributed by atoms with Crippen molar-refractivity contribution in [2.24, 2.45) is 0 Å². The highest BCUT2D eigenvalue weighted by molar-refractivity contribution is 6.32. The van der Waals surface area contributed by atoms with Gasteiger partial charge in [0, 0.05) is 35.1 Å². The monoisotopic (exact) mass is 264 g/mol. The lowest BCUT2D eigenvalue weighted by Crippen LogP contribution is -2.44. The molecule has 96 valence electrons. The average molecular weight is 265 g/mol. The van der Waals surface area contributed by atoms with Crippen molar-refractivity contribution in [3.8, 4) is 5.75 Å². The van der Waals surface area contributed by atoms with Gasteiger partial charge in [0.05, 0.1) is 12.1 Å². The lowest BCUT2D eigenvalue weighted by molar-refractivity contribution is 0.360. The number of fused-ring (bicyclic) bond motifs is 3. The normalized spacial score (nSPS) is 17.8. The van der Waals surface area contributed by atoms with E-state index >= 15 is 0 Å². The van der Waals surface area contributed by atoms with Gasteiger partial charge in [-0.3, -0.25) is 0 Å². The number of H-pyrrole nitrogens is 1. The van der Waals surface area contributed by atoms with Gasteiger partial charge in [-0.1, -0.05) is 11.6 Å². The fraction of sp³-hybridized carbons (Fsp3) is 0.429. The number of hydrogen-bond acceptors (Lipinski definition) is 2. The molecule has 3 nitrogen and oxygen atoms in total. The van der Waals surface area contributed by atoms with E-state index in [0.29, 0.717) is 5.02 Å². The topological polar surface area (TPSA) is 37.0 Å². The summed E-state index contributed by atoms with van der Waals surface area (Å²) >= 11 is 6.16. The molecule has 0 saturated heterocycles. The highest BCUT2D eigenvalue weighted by Gasteiger charge is 2.27. The van der Waals surface area contributed by atoms with E-state index in [-0.39, 0.29) is 5.54 Å². The minimum Gasteiger partial charge on any atom is -0.495 e. The van der Waals surface area contributed by atoms with E-state index in [1.807, 2.05) is 12.1 Å². The Kier molecular flexibility index (Phi) is 2.57. The lowest BCUT2D eigenvalue weighted by atomic mass is 9.91. The van der Waals surface area contributed by atoms with E-state index in [4.69, 9.17) is 16.3 Å². The summed E-state index contributed by atoms with van der Waals surface area (Å²) in [7, 11) is 1.65. The van der Waals surface area contributed by atoms with Crippen LogP contribution < -0.4 is 10.1 Å². The summed E-state index contributed by atoms with van der Waals surface area (Å²) in [5.74, 6) is 0.732. The third-order valence-electron chi connectivity index (χ3n) is 3.63. The number of aromatic amines is 1. The fourth-order valence-electron chi connectivity index (χ4n) is 2.65. The van der Waals surface area contributed by atoms with E-state index in [1.54, 1.807) is 7.11 Å². The minimum absolute atomic E-state index is 0.141. The molecule has 0 fully saturated rings. The second kappa shape index (κ2) is 3.90. The van der Waals surface area contributed by atoms with Crippen LogP contribution >= 0.6 is 11.6 Å². The molecule has 1 aromatic heterocycles. The molecule has 0 aliphatic carbocycles. The molecule has 1 aromatic carbocycles. The van der Waals surface area contributed by atoms with Crippen LogP contribution in [0.5, 0.6) is 5.75 Å². The maximum atomic E-state index is 6.16. The summed E-state index contributed by atoms with van der Waals surface area (Å²) < 4.78 is 5.29. The molecule has 3 rings (SSSR count). The van der Waals surface area contributed by atoms with Gasteiger partial charge in [0.15, 0.2) is 0 Å². The molecule has 2 aromatic rings. The Morgan fingerprint density at radius 3 is 2.83 bits per heavy atom. The van der Waals surface area contributed by atoms with Gasteiger partial charge in [-0.25, -0.2) is 0 Å². The van der Waals surface area contributed by atoms with Crippen LogP contribution in [0.15, 0.2) is 12.1 Å². The van der Waals surface area contributed by atoms with Crippen molar-refractivity contribution in [1.29, 1.82) is 0 Å². The Hall–Kier alpha value is -1.19. The third kappa shape index (κ3) is 1.78. The summed E-state index contributed by atoms with van der Waals surface area (Å²) in [6.07, 6.45) is 0.997. The Labute approximate surface area is 111 Å². The molecular formula is C14H17ClN2O. The van der Waals surface area contributed by atoms with Crippen molar-refractivity contribution < 1.29 is 4.74 Å². The van der Waals surface area contributed by atoms with Gasteiger partial charge in [-0.2, -0.15) is 0 Å². The first-order valence-electron chi connectivity index (χ1n) is 6.12. The van der Waals surface area contributed by atoms with E-state index in [2.05, 4.69) is 24.1 Å². The minimum atomic E-state index is 0.141. The molecule has 0 spiro atoms. The van der Waals surface area contributed by atoms with Crippen molar-refractivity contribution in [2.75, 3.05) is 7.11 Å². The Morgan fingerprint density at radius 2 is 2.11 bits per heavy atom. The fourth-order valence-corrected chi connectivity index (χ4v) is 2.89. The van der Waals surface area contributed by atoms with Crippen LogP contribution in [0.25, 0.3) is 10.9 Å². The van der Waals surface area contributed by atoms with Gasteiger partial charge in [-0.15, -0.1) is 0 Å². The van der Waals surface area contributed by atoms with Crippen LogP contribution in [0.3, 0.4) is 0 Å². The van der Waals surface area contributed by atoms with E-state index in [0.717, 1.165) is 24.2 Å². The molecule has 0 atom stereocenters. The predicted octanol–water partition coefficient (Wildman–Crippen LogP) is 3.25. The summed E-state index contributed by atoms with van der Waals surface area (Å²) in [6, 6.07) is 3.97. The summed E-state index contributed by atoms with van der Waals surface area (Å²) in [5.41, 5.74) is 3.87. The van der Waals surface area contributed by atoms with Gasteiger partial charge in [0.25, 0.3) is 0 Å². The van der Waals surface area contributed by atoms with Crippen LogP contribution in [-0.4, -0.2) is 17.6 Å². The van der Waals surface area contributed by atoms with Crippen LogP contribution in [0.1, 0.15) is 25.1 Å². The predicted molar refractivity (Wildman–Crippen MR) is 74.5 cm³/mol. The third-order valence-corrected chi connectivity index (χ3v) is 3.92. The van der Waals surface area contributed by atoms with Gasteiger partial charge < -0.3 is 15.0 Å². The number of aromatic nitrogens is 1. The second-order valence-electron chi connectivity index (χ2n) is 5.53. The SMILES string of the molecule is COc1cc2c3c([nH]c2cc1Cl)CC(C)(C)NC3. The zero-order chi connectivity index (χ0) is 12.9. The first-order valence-corrected chi connectivity index (χ1v) is 6.50. The van der Waals surface area contributed by atoms with Crippen molar-refractivity contribution in [1.82, 2.24) is 10.3 Å². The largest absolute Gasteiger partial charge is 0.495 e. The van der Waals surface area contributed by atoms with Crippen molar-refractivity contribution >= 4 is 22.5 Å². The van der Waals surface area contributed by atoms with Crippen LogP contribution in [0.4, 0.5) is 0 Å². The standard InChI is InChI=1S/C14H17ClN2O/c1-14(2)6-12-9(7-16-14)8-4-13(18-3)10(15)5-11(8)17-12/h4-5,16-17H,6-7H2,1-3H3. The van der Waals surface area contributed by atoms with Gasteiger partial charge in [0.1, 0.15) is 5.75 Å². The quantitative estimate of drug-likeness (QED) is 0.830. The van der Waals surface area contributed by atoms with Crippen molar-refractivity contribution in [2.45, 2.75) is 32.4 Å². The first kappa shape index (κ1) is 11.9. The van der Waals surface area contributed by atoms with Crippen LogP contribution in [-0.2, 0) is 13.0 Å². The molecular weight excluding hydrogens is 248 g/mol. The Bertz CT molecular complexity index is 616. The first-order chi connectivity index (χ1) is 8.50. The molecule has 2 N–H and O–H groups in total. The molecule has 2 heterocycles. The number of hydrogen-bond donors (Lipinski definition) is 2. The number of halogens is 1. The van der Waals surface area contributed by atoms with E-state index in [9.17, 15) is 0 Å². The highest BCUT2D eigenvalue weighted by Crippen LogP contribution is 2.35. The molecule has 0 unspecified atom stereocenters. The number of benzene rings is 1. The molecule has 0 bridgehead atoms. The summed E-state index contributed by atoms with van der Waals surface area (Å²) in [6.45, 7) is 5.32. The second-order valence-corrected chi connectivity index (χ2v) is 5.94. The number of methoxy groups -OCH3 is 1. The highest BCUT2D eigenvalue weighted by atomic mass is 35.5. The molecule has 18 heavy (non-hydrogen) atoms. The summed E-state index contributed by atoms with van der Waals surface area (Å²) in [4.78, 5) is 3.48. The van der Waals surface area contributed by atoms with Gasteiger partial charge in [-0.05, 0) is 31.5 Å². The number of nitrogens with one attached hydrogen (secondary N) is 2. The molecule has 4 heteroatoms. The molecule has 0 amide bonds. The lowest BCUT2D eigenvalue weighted by Gasteiger charge is -2.31.